The first kappa shape index (κ1) is 12.7. The number of nitrogen functional groups attached to an aromatic ring is 1. The highest BCUT2D eigenvalue weighted by Crippen LogP contribution is 2.27. The van der Waals surface area contributed by atoms with Crippen molar-refractivity contribution < 1.29 is 8.42 Å². The van der Waals surface area contributed by atoms with E-state index in [4.69, 9.17) is 5.73 Å². The van der Waals surface area contributed by atoms with Crippen molar-refractivity contribution in [2.75, 3.05) is 12.0 Å². The molecule has 102 valence electrons. The number of nitrogens with zero attached hydrogens (tertiary/aromatic N) is 1. The van der Waals surface area contributed by atoms with Gasteiger partial charge in [-0.05, 0) is 35.4 Å². The van der Waals surface area contributed by atoms with Crippen LogP contribution in [-0.2, 0) is 9.84 Å². The van der Waals surface area contributed by atoms with E-state index in [0.29, 0.717) is 10.7 Å². The summed E-state index contributed by atoms with van der Waals surface area (Å²) in [6.07, 6.45) is 1.20. The lowest BCUT2D eigenvalue weighted by Gasteiger charge is -2.04. The van der Waals surface area contributed by atoms with Crippen LogP contribution < -0.4 is 5.73 Å². The van der Waals surface area contributed by atoms with E-state index in [1.54, 1.807) is 18.2 Å². The van der Waals surface area contributed by atoms with Gasteiger partial charge in [-0.15, -0.1) is 0 Å². The van der Waals surface area contributed by atoms with Gasteiger partial charge >= 0.3 is 0 Å². The van der Waals surface area contributed by atoms with Crippen molar-refractivity contribution in [1.29, 1.82) is 0 Å². The van der Waals surface area contributed by atoms with Crippen LogP contribution in [0.25, 0.3) is 22.0 Å². The smallest absolute Gasteiger partial charge is 0.175 e. The fourth-order valence-corrected chi connectivity index (χ4v) is 2.79. The number of fused-ring (bicyclic) bond motifs is 1. The molecule has 3 aromatic rings. The third kappa shape index (κ3) is 2.14. The van der Waals surface area contributed by atoms with Crippen molar-refractivity contribution in [2.45, 2.75) is 4.90 Å². The number of nitrogens with one attached hydrogen (secondary N) is 1. The van der Waals surface area contributed by atoms with Gasteiger partial charge < -0.3 is 5.73 Å². The Bertz CT molecular complexity index is 898. The minimum absolute atomic E-state index is 0.305. The van der Waals surface area contributed by atoms with Crippen LogP contribution in [0.3, 0.4) is 0 Å². The number of anilines is 1. The molecule has 0 amide bonds. The van der Waals surface area contributed by atoms with Gasteiger partial charge in [0.05, 0.1) is 10.4 Å². The molecular weight excluding hydrogens is 274 g/mol. The average Bonchev–Trinajstić information content (AvgIpc) is 2.79. The molecule has 0 atom stereocenters. The quantitative estimate of drug-likeness (QED) is 0.756. The molecule has 0 radical (unpaired) electrons. The van der Waals surface area contributed by atoms with E-state index in [0.717, 1.165) is 22.0 Å². The fourth-order valence-electron chi connectivity index (χ4n) is 2.13. The van der Waals surface area contributed by atoms with Crippen molar-refractivity contribution in [3.05, 3.63) is 42.5 Å². The van der Waals surface area contributed by atoms with Gasteiger partial charge in [0, 0.05) is 11.6 Å². The predicted molar refractivity (Wildman–Crippen MR) is 79.1 cm³/mol. The maximum Gasteiger partial charge on any atom is 0.175 e. The topological polar surface area (TPSA) is 88.8 Å². The number of H-pyrrole nitrogens is 1. The molecule has 0 spiro atoms. The third-order valence-corrected chi connectivity index (χ3v) is 4.30. The lowest BCUT2D eigenvalue weighted by atomic mass is 10.0. The molecule has 6 heteroatoms. The van der Waals surface area contributed by atoms with Crippen LogP contribution in [0.15, 0.2) is 47.4 Å². The van der Waals surface area contributed by atoms with Gasteiger partial charge in [0.1, 0.15) is 0 Å². The molecule has 1 aromatic heterocycles. The van der Waals surface area contributed by atoms with E-state index in [9.17, 15) is 8.42 Å². The van der Waals surface area contributed by atoms with Crippen LogP contribution in [0.4, 0.5) is 5.82 Å². The van der Waals surface area contributed by atoms with Crippen LogP contribution in [0, 0.1) is 0 Å². The molecule has 0 bridgehead atoms. The monoisotopic (exact) mass is 287 g/mol. The molecule has 3 rings (SSSR count). The Balaban J connectivity index is 2.15. The van der Waals surface area contributed by atoms with Crippen molar-refractivity contribution in [1.82, 2.24) is 10.2 Å². The van der Waals surface area contributed by atoms with Gasteiger partial charge in [-0.1, -0.05) is 18.2 Å². The molecular formula is C14H13N3O2S. The fraction of sp³-hybridized carbons (Fsp3) is 0.0714. The second kappa shape index (κ2) is 4.35. The Kier molecular flexibility index (Phi) is 2.76. The van der Waals surface area contributed by atoms with Crippen LogP contribution in [0.5, 0.6) is 0 Å². The van der Waals surface area contributed by atoms with E-state index < -0.39 is 9.84 Å². The van der Waals surface area contributed by atoms with Gasteiger partial charge in [-0.2, -0.15) is 5.10 Å². The summed E-state index contributed by atoms with van der Waals surface area (Å²) >= 11 is 0. The minimum Gasteiger partial charge on any atom is -0.382 e. The summed E-state index contributed by atoms with van der Waals surface area (Å²) in [6, 6.07) is 12.5. The SMILES string of the molecule is CS(=O)(=O)c1cccc(-c2ccc3c(N)n[nH]c3c2)c1. The summed E-state index contributed by atoms with van der Waals surface area (Å²) < 4.78 is 23.2. The van der Waals surface area contributed by atoms with Gasteiger partial charge in [0.2, 0.25) is 0 Å². The number of hydrogen-bond acceptors (Lipinski definition) is 4. The van der Waals surface area contributed by atoms with Crippen LogP contribution in [-0.4, -0.2) is 24.9 Å². The highest BCUT2D eigenvalue weighted by Gasteiger charge is 2.09. The molecule has 0 aliphatic heterocycles. The van der Waals surface area contributed by atoms with Gasteiger partial charge in [-0.25, -0.2) is 8.42 Å². The number of rotatable bonds is 2. The molecule has 20 heavy (non-hydrogen) atoms. The summed E-state index contributed by atoms with van der Waals surface area (Å²) in [5.74, 6) is 0.455. The minimum atomic E-state index is -3.21. The normalized spacial score (nSPS) is 11.8. The molecule has 0 saturated carbocycles. The Morgan fingerprint density at radius 1 is 1.10 bits per heavy atom. The number of aromatic amines is 1. The zero-order chi connectivity index (χ0) is 14.3. The lowest BCUT2D eigenvalue weighted by molar-refractivity contribution is 0.602. The number of aromatic nitrogens is 2. The Labute approximate surface area is 116 Å². The molecule has 0 fully saturated rings. The third-order valence-electron chi connectivity index (χ3n) is 3.19. The van der Waals surface area contributed by atoms with E-state index in [1.165, 1.54) is 6.26 Å². The molecule has 0 unspecified atom stereocenters. The zero-order valence-corrected chi connectivity index (χ0v) is 11.6. The second-order valence-electron chi connectivity index (χ2n) is 4.67. The molecule has 5 nitrogen and oxygen atoms in total. The maximum absolute atomic E-state index is 11.6. The van der Waals surface area contributed by atoms with E-state index in [-0.39, 0.29) is 0 Å². The first-order chi connectivity index (χ1) is 9.45. The highest BCUT2D eigenvalue weighted by molar-refractivity contribution is 7.90. The molecule has 2 aromatic carbocycles. The first-order valence-electron chi connectivity index (χ1n) is 5.99. The zero-order valence-electron chi connectivity index (χ0n) is 10.8. The first-order valence-corrected chi connectivity index (χ1v) is 7.88. The van der Waals surface area contributed by atoms with E-state index >= 15 is 0 Å². The maximum atomic E-state index is 11.6. The highest BCUT2D eigenvalue weighted by atomic mass is 32.2. The molecule has 3 N–H and O–H groups in total. The van der Waals surface area contributed by atoms with Crippen LogP contribution in [0.2, 0.25) is 0 Å². The van der Waals surface area contributed by atoms with E-state index in [1.807, 2.05) is 24.3 Å². The predicted octanol–water partition coefficient (Wildman–Crippen LogP) is 2.22. The van der Waals surface area contributed by atoms with Crippen molar-refractivity contribution >= 4 is 26.6 Å². The summed E-state index contributed by atoms with van der Waals surface area (Å²) in [4.78, 5) is 0.305. The van der Waals surface area contributed by atoms with Gasteiger partial charge in [0.25, 0.3) is 0 Å². The van der Waals surface area contributed by atoms with Crippen molar-refractivity contribution in [2.24, 2.45) is 0 Å². The summed E-state index contributed by atoms with van der Waals surface area (Å²) in [6.45, 7) is 0. The van der Waals surface area contributed by atoms with E-state index in [2.05, 4.69) is 10.2 Å². The second-order valence-corrected chi connectivity index (χ2v) is 6.68. The summed E-state index contributed by atoms with van der Waals surface area (Å²) in [5.41, 5.74) is 8.29. The van der Waals surface area contributed by atoms with Crippen LogP contribution >= 0.6 is 0 Å². The summed E-state index contributed by atoms with van der Waals surface area (Å²) in [7, 11) is -3.21. The molecule has 0 aliphatic rings. The Morgan fingerprint density at radius 3 is 2.60 bits per heavy atom. The standard InChI is InChI=1S/C14H13N3O2S/c1-20(18,19)11-4-2-3-9(7-11)10-5-6-12-13(8-10)16-17-14(12)15/h2-8H,1H3,(H3,15,16,17). The molecule has 0 saturated heterocycles. The number of sulfone groups is 1. The summed E-state index contributed by atoms with van der Waals surface area (Å²) in [5, 5.41) is 7.65. The van der Waals surface area contributed by atoms with Crippen molar-refractivity contribution in [3.63, 3.8) is 0 Å². The van der Waals surface area contributed by atoms with Gasteiger partial charge in [-0.3, -0.25) is 5.10 Å². The van der Waals surface area contributed by atoms with Crippen LogP contribution in [0.1, 0.15) is 0 Å². The Hall–Kier alpha value is -2.34. The van der Waals surface area contributed by atoms with Gasteiger partial charge in [0.15, 0.2) is 15.7 Å². The number of benzene rings is 2. The lowest BCUT2D eigenvalue weighted by Crippen LogP contribution is -1.96. The number of hydrogen-bond donors (Lipinski definition) is 2. The average molecular weight is 287 g/mol. The number of nitrogens with two attached hydrogens (primary N) is 1. The Morgan fingerprint density at radius 2 is 1.85 bits per heavy atom. The van der Waals surface area contributed by atoms with Crippen molar-refractivity contribution in [3.8, 4) is 11.1 Å². The largest absolute Gasteiger partial charge is 0.382 e. The molecule has 0 aliphatic carbocycles. The molecule has 1 heterocycles.